The smallest absolute Gasteiger partial charge is 0.0998 e. The highest BCUT2D eigenvalue weighted by Crippen LogP contribution is 2.33. The first-order valence-corrected chi connectivity index (χ1v) is 6.29. The van der Waals surface area contributed by atoms with Gasteiger partial charge in [0.1, 0.15) is 0 Å². The SMILES string of the molecule is Cc1ccc2ccccc2c1-c1ccccc1C#N. The molecule has 1 heteroatoms. The van der Waals surface area contributed by atoms with E-state index in [1.807, 2.05) is 36.4 Å². The Labute approximate surface area is 112 Å². The summed E-state index contributed by atoms with van der Waals surface area (Å²) in [5.41, 5.74) is 4.10. The summed E-state index contributed by atoms with van der Waals surface area (Å²) in [6.45, 7) is 2.09. The lowest BCUT2D eigenvalue weighted by Gasteiger charge is -2.12. The average Bonchev–Trinajstić information content (AvgIpc) is 2.47. The van der Waals surface area contributed by atoms with Gasteiger partial charge in [-0.2, -0.15) is 5.26 Å². The third kappa shape index (κ3) is 1.88. The normalized spacial score (nSPS) is 10.3. The summed E-state index contributed by atoms with van der Waals surface area (Å²) >= 11 is 0. The Morgan fingerprint density at radius 1 is 0.842 bits per heavy atom. The lowest BCUT2D eigenvalue weighted by atomic mass is 9.91. The Morgan fingerprint density at radius 2 is 1.58 bits per heavy atom. The van der Waals surface area contributed by atoms with Crippen LogP contribution in [-0.2, 0) is 0 Å². The number of nitriles is 1. The average molecular weight is 243 g/mol. The third-order valence-corrected chi connectivity index (χ3v) is 3.45. The van der Waals surface area contributed by atoms with Crippen molar-refractivity contribution in [3.8, 4) is 17.2 Å². The molecule has 0 unspecified atom stereocenters. The second kappa shape index (κ2) is 4.59. The van der Waals surface area contributed by atoms with Crippen LogP contribution in [0.3, 0.4) is 0 Å². The molecule has 3 aromatic rings. The van der Waals surface area contributed by atoms with Gasteiger partial charge in [0.25, 0.3) is 0 Å². The van der Waals surface area contributed by atoms with Crippen LogP contribution in [0.25, 0.3) is 21.9 Å². The standard InChI is InChI=1S/C18H13N/c1-13-10-11-14-6-2-4-8-16(14)18(13)17-9-5-3-7-15(17)12-19/h2-11H,1H3. The molecule has 3 aromatic carbocycles. The molecular formula is C18H13N. The Bertz CT molecular complexity index is 794. The number of rotatable bonds is 1. The summed E-state index contributed by atoms with van der Waals surface area (Å²) in [7, 11) is 0. The van der Waals surface area contributed by atoms with Gasteiger partial charge >= 0.3 is 0 Å². The van der Waals surface area contributed by atoms with E-state index < -0.39 is 0 Å². The molecule has 0 aliphatic heterocycles. The van der Waals surface area contributed by atoms with Gasteiger partial charge in [0.15, 0.2) is 0 Å². The Balaban J connectivity index is 2.43. The first kappa shape index (κ1) is 11.5. The van der Waals surface area contributed by atoms with E-state index in [1.165, 1.54) is 16.3 Å². The Hall–Kier alpha value is -2.59. The number of benzene rings is 3. The molecule has 19 heavy (non-hydrogen) atoms. The second-order valence-electron chi connectivity index (χ2n) is 4.64. The molecule has 1 nitrogen and oxygen atoms in total. The summed E-state index contributed by atoms with van der Waals surface area (Å²) in [4.78, 5) is 0. The van der Waals surface area contributed by atoms with Gasteiger partial charge in [-0.05, 0) is 34.9 Å². The molecule has 0 aliphatic carbocycles. The van der Waals surface area contributed by atoms with Crippen molar-refractivity contribution < 1.29 is 0 Å². The molecular weight excluding hydrogens is 230 g/mol. The maximum atomic E-state index is 9.29. The molecule has 0 heterocycles. The second-order valence-corrected chi connectivity index (χ2v) is 4.64. The van der Waals surface area contributed by atoms with Gasteiger partial charge in [0, 0.05) is 5.56 Å². The van der Waals surface area contributed by atoms with E-state index in [2.05, 4.69) is 37.3 Å². The van der Waals surface area contributed by atoms with Crippen molar-refractivity contribution in [2.45, 2.75) is 6.92 Å². The molecule has 0 saturated carbocycles. The van der Waals surface area contributed by atoms with Gasteiger partial charge in [-0.15, -0.1) is 0 Å². The fraction of sp³-hybridized carbons (Fsp3) is 0.0556. The van der Waals surface area contributed by atoms with Gasteiger partial charge in [-0.3, -0.25) is 0 Å². The van der Waals surface area contributed by atoms with Crippen molar-refractivity contribution in [3.63, 3.8) is 0 Å². The molecule has 3 rings (SSSR count). The van der Waals surface area contributed by atoms with Crippen LogP contribution in [-0.4, -0.2) is 0 Å². The molecule has 90 valence electrons. The third-order valence-electron chi connectivity index (χ3n) is 3.45. The fourth-order valence-electron chi connectivity index (χ4n) is 2.54. The van der Waals surface area contributed by atoms with Crippen LogP contribution >= 0.6 is 0 Å². The highest BCUT2D eigenvalue weighted by molar-refractivity contribution is 5.99. The van der Waals surface area contributed by atoms with Gasteiger partial charge in [0.05, 0.1) is 11.6 Å². The van der Waals surface area contributed by atoms with Crippen LogP contribution in [0.4, 0.5) is 0 Å². The van der Waals surface area contributed by atoms with E-state index >= 15 is 0 Å². The fourth-order valence-corrected chi connectivity index (χ4v) is 2.54. The maximum Gasteiger partial charge on any atom is 0.0998 e. The van der Waals surface area contributed by atoms with Crippen LogP contribution in [0.1, 0.15) is 11.1 Å². The Morgan fingerprint density at radius 3 is 2.42 bits per heavy atom. The van der Waals surface area contributed by atoms with Gasteiger partial charge in [-0.1, -0.05) is 54.6 Å². The van der Waals surface area contributed by atoms with Crippen molar-refractivity contribution in [1.29, 1.82) is 5.26 Å². The molecule has 0 amide bonds. The molecule has 0 atom stereocenters. The molecule has 0 bridgehead atoms. The summed E-state index contributed by atoms with van der Waals surface area (Å²) in [6, 6.07) is 22.6. The van der Waals surface area contributed by atoms with Crippen LogP contribution < -0.4 is 0 Å². The predicted octanol–water partition coefficient (Wildman–Crippen LogP) is 4.69. The highest BCUT2D eigenvalue weighted by atomic mass is 14.2. The van der Waals surface area contributed by atoms with Crippen LogP contribution in [0, 0.1) is 18.3 Å². The van der Waals surface area contributed by atoms with E-state index in [9.17, 15) is 5.26 Å². The lowest BCUT2D eigenvalue weighted by molar-refractivity contribution is 1.45. The summed E-state index contributed by atoms with van der Waals surface area (Å²) in [5.74, 6) is 0. The minimum Gasteiger partial charge on any atom is -0.192 e. The van der Waals surface area contributed by atoms with Gasteiger partial charge in [-0.25, -0.2) is 0 Å². The monoisotopic (exact) mass is 243 g/mol. The van der Waals surface area contributed by atoms with Crippen LogP contribution in [0.2, 0.25) is 0 Å². The first-order valence-electron chi connectivity index (χ1n) is 6.29. The zero-order chi connectivity index (χ0) is 13.2. The van der Waals surface area contributed by atoms with Crippen LogP contribution in [0.15, 0.2) is 60.7 Å². The summed E-state index contributed by atoms with van der Waals surface area (Å²) < 4.78 is 0. The molecule has 0 N–H and O–H groups in total. The van der Waals surface area contributed by atoms with Crippen LogP contribution in [0.5, 0.6) is 0 Å². The van der Waals surface area contributed by atoms with E-state index in [4.69, 9.17) is 0 Å². The van der Waals surface area contributed by atoms with E-state index in [0.29, 0.717) is 0 Å². The molecule has 0 spiro atoms. The number of fused-ring (bicyclic) bond motifs is 1. The van der Waals surface area contributed by atoms with E-state index in [0.717, 1.165) is 16.7 Å². The zero-order valence-corrected chi connectivity index (χ0v) is 10.7. The quantitative estimate of drug-likeness (QED) is 0.608. The number of hydrogen-bond acceptors (Lipinski definition) is 1. The molecule has 0 radical (unpaired) electrons. The van der Waals surface area contributed by atoms with Crippen molar-refractivity contribution >= 4 is 10.8 Å². The van der Waals surface area contributed by atoms with Crippen molar-refractivity contribution in [1.82, 2.24) is 0 Å². The zero-order valence-electron chi connectivity index (χ0n) is 10.7. The van der Waals surface area contributed by atoms with Crippen molar-refractivity contribution in [3.05, 3.63) is 71.8 Å². The largest absolute Gasteiger partial charge is 0.192 e. The minimum absolute atomic E-state index is 0.724. The summed E-state index contributed by atoms with van der Waals surface area (Å²) in [5, 5.41) is 11.7. The summed E-state index contributed by atoms with van der Waals surface area (Å²) in [6.07, 6.45) is 0. The van der Waals surface area contributed by atoms with Gasteiger partial charge in [0.2, 0.25) is 0 Å². The molecule has 0 fully saturated rings. The van der Waals surface area contributed by atoms with E-state index in [1.54, 1.807) is 0 Å². The number of hydrogen-bond donors (Lipinski definition) is 0. The lowest BCUT2D eigenvalue weighted by Crippen LogP contribution is -1.89. The minimum atomic E-state index is 0.724. The molecule has 0 saturated heterocycles. The Kier molecular flexibility index (Phi) is 2.78. The molecule has 0 aromatic heterocycles. The van der Waals surface area contributed by atoms with E-state index in [-0.39, 0.29) is 0 Å². The topological polar surface area (TPSA) is 23.8 Å². The maximum absolute atomic E-state index is 9.29. The highest BCUT2D eigenvalue weighted by Gasteiger charge is 2.10. The first-order chi connectivity index (χ1) is 9.31. The molecule has 0 aliphatic rings. The number of aryl methyl sites for hydroxylation is 1. The predicted molar refractivity (Wildman–Crippen MR) is 78.8 cm³/mol. The number of nitrogens with zero attached hydrogens (tertiary/aromatic N) is 1. The van der Waals surface area contributed by atoms with Gasteiger partial charge < -0.3 is 0 Å². The van der Waals surface area contributed by atoms with Crippen molar-refractivity contribution in [2.24, 2.45) is 0 Å². The van der Waals surface area contributed by atoms with Crippen molar-refractivity contribution in [2.75, 3.05) is 0 Å².